The molecule has 1 unspecified atom stereocenters. The Hall–Kier alpha value is -0.820. The molecule has 0 heterocycles. The highest BCUT2D eigenvalue weighted by atomic mass is 14.9. The van der Waals surface area contributed by atoms with Gasteiger partial charge in [-0.05, 0) is 44.2 Å². The molecule has 0 aliphatic heterocycles. The van der Waals surface area contributed by atoms with E-state index in [0.717, 1.165) is 18.9 Å². The van der Waals surface area contributed by atoms with Gasteiger partial charge in [-0.3, -0.25) is 0 Å². The summed E-state index contributed by atoms with van der Waals surface area (Å²) in [6.45, 7) is 3.47. The molecule has 1 aromatic rings. The molecule has 17 heavy (non-hydrogen) atoms. The Morgan fingerprint density at radius 2 is 1.82 bits per heavy atom. The van der Waals surface area contributed by atoms with Crippen LogP contribution in [0.4, 0.5) is 0 Å². The van der Waals surface area contributed by atoms with Gasteiger partial charge in [0.05, 0.1) is 0 Å². The second kappa shape index (κ2) is 6.80. The molecule has 1 aliphatic rings. The average molecular weight is 231 g/mol. The van der Waals surface area contributed by atoms with E-state index in [0.29, 0.717) is 6.04 Å². The van der Waals surface area contributed by atoms with Crippen molar-refractivity contribution in [3.63, 3.8) is 0 Å². The third kappa shape index (κ3) is 4.16. The Bertz CT molecular complexity index is 301. The van der Waals surface area contributed by atoms with E-state index in [-0.39, 0.29) is 0 Å². The van der Waals surface area contributed by atoms with Crippen LogP contribution in [0.3, 0.4) is 0 Å². The van der Waals surface area contributed by atoms with Gasteiger partial charge >= 0.3 is 0 Å². The van der Waals surface area contributed by atoms with Crippen molar-refractivity contribution >= 4 is 0 Å². The standard InChI is InChI=1S/C16H25N/c1-14(16-10-6-3-7-11-16)17-13-12-15-8-4-2-5-9-15/h2,4-5,8-9,14,16-17H,3,6-7,10-13H2,1H3. The van der Waals surface area contributed by atoms with Crippen molar-refractivity contribution < 1.29 is 0 Å². The minimum absolute atomic E-state index is 0.694. The SMILES string of the molecule is CC(NCCc1ccccc1)C1CCCCC1. The first kappa shape index (κ1) is 12.6. The summed E-state index contributed by atoms with van der Waals surface area (Å²) in [7, 11) is 0. The molecule has 0 aromatic heterocycles. The van der Waals surface area contributed by atoms with E-state index in [4.69, 9.17) is 0 Å². The van der Waals surface area contributed by atoms with E-state index in [2.05, 4.69) is 42.6 Å². The first-order valence-electron chi connectivity index (χ1n) is 7.13. The summed E-state index contributed by atoms with van der Waals surface area (Å²) in [6.07, 6.45) is 8.34. The van der Waals surface area contributed by atoms with Crippen LogP contribution in [-0.4, -0.2) is 12.6 Å². The van der Waals surface area contributed by atoms with Crippen molar-refractivity contribution in [3.8, 4) is 0 Å². The van der Waals surface area contributed by atoms with Crippen LogP contribution in [-0.2, 0) is 6.42 Å². The first-order valence-corrected chi connectivity index (χ1v) is 7.13. The Morgan fingerprint density at radius 3 is 2.53 bits per heavy atom. The molecule has 0 amide bonds. The monoisotopic (exact) mass is 231 g/mol. The normalized spacial score (nSPS) is 19.1. The molecular formula is C16H25N. The zero-order chi connectivity index (χ0) is 11.9. The Kier molecular flexibility index (Phi) is 5.06. The first-order chi connectivity index (χ1) is 8.36. The third-order valence-electron chi connectivity index (χ3n) is 4.08. The molecule has 0 spiro atoms. The second-order valence-electron chi connectivity index (χ2n) is 5.38. The molecule has 1 atom stereocenters. The van der Waals surface area contributed by atoms with Crippen LogP contribution in [0.1, 0.15) is 44.6 Å². The molecule has 94 valence electrons. The smallest absolute Gasteiger partial charge is 0.00671 e. The maximum Gasteiger partial charge on any atom is 0.00671 e. The van der Waals surface area contributed by atoms with Crippen molar-refractivity contribution in [2.24, 2.45) is 5.92 Å². The highest BCUT2D eigenvalue weighted by Gasteiger charge is 2.18. The summed E-state index contributed by atoms with van der Waals surface area (Å²) in [5.41, 5.74) is 1.44. The number of benzene rings is 1. The zero-order valence-electron chi connectivity index (χ0n) is 11.0. The molecule has 1 aliphatic carbocycles. The van der Waals surface area contributed by atoms with Crippen molar-refractivity contribution in [1.29, 1.82) is 0 Å². The predicted octanol–water partition coefficient (Wildman–Crippen LogP) is 3.79. The molecule has 1 N–H and O–H groups in total. The van der Waals surface area contributed by atoms with Crippen molar-refractivity contribution in [2.75, 3.05) is 6.54 Å². The lowest BCUT2D eigenvalue weighted by Crippen LogP contribution is -2.35. The third-order valence-corrected chi connectivity index (χ3v) is 4.08. The Balaban J connectivity index is 1.67. The lowest BCUT2D eigenvalue weighted by molar-refractivity contribution is 0.283. The number of hydrogen-bond acceptors (Lipinski definition) is 1. The number of rotatable bonds is 5. The van der Waals surface area contributed by atoms with Crippen molar-refractivity contribution in [3.05, 3.63) is 35.9 Å². The van der Waals surface area contributed by atoms with E-state index in [1.807, 2.05) is 0 Å². The Morgan fingerprint density at radius 1 is 1.12 bits per heavy atom. The van der Waals surface area contributed by atoms with Crippen LogP contribution in [0.5, 0.6) is 0 Å². The fraction of sp³-hybridized carbons (Fsp3) is 0.625. The summed E-state index contributed by atoms with van der Waals surface area (Å²) in [5, 5.41) is 3.70. The van der Waals surface area contributed by atoms with Crippen LogP contribution in [0.2, 0.25) is 0 Å². The van der Waals surface area contributed by atoms with Gasteiger partial charge in [-0.2, -0.15) is 0 Å². The molecule has 1 saturated carbocycles. The summed E-state index contributed by atoms with van der Waals surface area (Å²) < 4.78 is 0. The van der Waals surface area contributed by atoms with Crippen LogP contribution >= 0.6 is 0 Å². The van der Waals surface area contributed by atoms with Crippen molar-refractivity contribution in [1.82, 2.24) is 5.32 Å². The molecule has 0 saturated heterocycles. The molecule has 0 radical (unpaired) electrons. The Labute approximate surface area is 106 Å². The van der Waals surface area contributed by atoms with Crippen molar-refractivity contribution in [2.45, 2.75) is 51.5 Å². The summed E-state index contributed by atoms with van der Waals surface area (Å²) >= 11 is 0. The van der Waals surface area contributed by atoms with Gasteiger partial charge in [-0.25, -0.2) is 0 Å². The fourth-order valence-electron chi connectivity index (χ4n) is 2.89. The molecule has 1 fully saturated rings. The van der Waals surface area contributed by atoms with Gasteiger partial charge in [0.1, 0.15) is 0 Å². The maximum absolute atomic E-state index is 3.70. The van der Waals surface area contributed by atoms with E-state index in [1.54, 1.807) is 0 Å². The van der Waals surface area contributed by atoms with Crippen LogP contribution in [0.15, 0.2) is 30.3 Å². The van der Waals surface area contributed by atoms with Gasteiger partial charge in [0.15, 0.2) is 0 Å². The van der Waals surface area contributed by atoms with E-state index >= 15 is 0 Å². The quantitative estimate of drug-likeness (QED) is 0.813. The number of nitrogens with one attached hydrogen (secondary N) is 1. The molecule has 1 aromatic carbocycles. The molecule has 2 rings (SSSR count). The predicted molar refractivity (Wildman–Crippen MR) is 74.2 cm³/mol. The zero-order valence-corrected chi connectivity index (χ0v) is 11.0. The van der Waals surface area contributed by atoms with Crippen LogP contribution < -0.4 is 5.32 Å². The average Bonchev–Trinajstić information content (AvgIpc) is 2.41. The van der Waals surface area contributed by atoms with E-state index < -0.39 is 0 Å². The maximum atomic E-state index is 3.70. The lowest BCUT2D eigenvalue weighted by Gasteiger charge is -2.28. The minimum atomic E-state index is 0.694. The summed E-state index contributed by atoms with van der Waals surface area (Å²) in [5.74, 6) is 0.916. The minimum Gasteiger partial charge on any atom is -0.314 e. The van der Waals surface area contributed by atoms with Crippen LogP contribution in [0, 0.1) is 5.92 Å². The lowest BCUT2D eigenvalue weighted by atomic mass is 9.84. The molecular weight excluding hydrogens is 206 g/mol. The summed E-state index contributed by atoms with van der Waals surface area (Å²) in [6, 6.07) is 11.5. The summed E-state index contributed by atoms with van der Waals surface area (Å²) in [4.78, 5) is 0. The van der Waals surface area contributed by atoms with Gasteiger partial charge in [0, 0.05) is 6.04 Å². The van der Waals surface area contributed by atoms with E-state index in [1.165, 1.54) is 37.7 Å². The van der Waals surface area contributed by atoms with Gasteiger partial charge in [0.2, 0.25) is 0 Å². The molecule has 1 heteroatoms. The molecule has 1 nitrogen and oxygen atoms in total. The van der Waals surface area contributed by atoms with Gasteiger partial charge in [-0.1, -0.05) is 49.6 Å². The highest BCUT2D eigenvalue weighted by molar-refractivity contribution is 5.14. The van der Waals surface area contributed by atoms with Gasteiger partial charge in [0.25, 0.3) is 0 Å². The van der Waals surface area contributed by atoms with Gasteiger partial charge < -0.3 is 5.32 Å². The highest BCUT2D eigenvalue weighted by Crippen LogP contribution is 2.26. The largest absolute Gasteiger partial charge is 0.314 e. The second-order valence-corrected chi connectivity index (χ2v) is 5.38. The topological polar surface area (TPSA) is 12.0 Å². The van der Waals surface area contributed by atoms with E-state index in [9.17, 15) is 0 Å². The number of hydrogen-bond donors (Lipinski definition) is 1. The fourth-order valence-corrected chi connectivity index (χ4v) is 2.89. The molecule has 0 bridgehead atoms. The van der Waals surface area contributed by atoms with Crippen LogP contribution in [0.25, 0.3) is 0 Å². The van der Waals surface area contributed by atoms with Gasteiger partial charge in [-0.15, -0.1) is 0 Å².